The van der Waals surface area contributed by atoms with Crippen LogP contribution in [-0.4, -0.2) is 4.57 Å². The van der Waals surface area contributed by atoms with Crippen LogP contribution in [0.15, 0.2) is 197 Å². The normalized spacial score (nSPS) is 12.0. The number of furan rings is 2. The van der Waals surface area contributed by atoms with E-state index >= 15 is 0 Å². The zero-order valence-electron chi connectivity index (χ0n) is 29.7. The van der Waals surface area contributed by atoms with E-state index in [2.05, 4.69) is 180 Å². The molecule has 0 saturated heterocycles. The van der Waals surface area contributed by atoms with Crippen molar-refractivity contribution in [3.8, 4) is 39.3 Å². The second-order valence-electron chi connectivity index (χ2n) is 14.4. The van der Waals surface area contributed by atoms with Gasteiger partial charge in [0.2, 0.25) is 0 Å². The zero-order valence-corrected chi connectivity index (χ0v) is 29.7. The standard InChI is InChI=1S/C52H31NO2/c1-3-15-32(16-4-1)48-42-29-28-41-36-20-12-14-26-46(36)54-50(41)51(42)55-52(48)49-39-23-9-7-21-37(39)47(38-22-8-10-24-40(38)49)33-27-30-45-43(31-33)35-19-11-13-25-44(35)53(45)34-17-5-2-6-18-34/h1-31H. The fourth-order valence-electron chi connectivity index (χ4n) is 9.07. The van der Waals surface area contributed by atoms with E-state index in [0.29, 0.717) is 0 Å². The van der Waals surface area contributed by atoms with Gasteiger partial charge in [-0.15, -0.1) is 0 Å². The molecule has 0 aliphatic carbocycles. The molecule has 3 heteroatoms. The van der Waals surface area contributed by atoms with Crippen LogP contribution in [0, 0.1) is 0 Å². The van der Waals surface area contributed by atoms with E-state index in [1.54, 1.807) is 0 Å². The summed E-state index contributed by atoms with van der Waals surface area (Å²) in [7, 11) is 0. The van der Waals surface area contributed by atoms with Crippen molar-refractivity contribution < 1.29 is 8.83 Å². The van der Waals surface area contributed by atoms with Crippen molar-refractivity contribution in [2.75, 3.05) is 0 Å². The van der Waals surface area contributed by atoms with Gasteiger partial charge in [-0.05, 0) is 86.8 Å². The average Bonchev–Trinajstić information content (AvgIpc) is 3.93. The number of fused-ring (bicyclic) bond motifs is 10. The van der Waals surface area contributed by atoms with Gasteiger partial charge in [0.15, 0.2) is 11.2 Å². The molecular formula is C52H31NO2. The fraction of sp³-hybridized carbons (Fsp3) is 0. The van der Waals surface area contributed by atoms with Gasteiger partial charge >= 0.3 is 0 Å². The monoisotopic (exact) mass is 701 g/mol. The molecule has 0 amide bonds. The Morgan fingerprint density at radius 1 is 0.309 bits per heavy atom. The fourth-order valence-corrected chi connectivity index (χ4v) is 9.07. The summed E-state index contributed by atoms with van der Waals surface area (Å²) in [4.78, 5) is 0. The molecule has 0 saturated carbocycles. The third kappa shape index (κ3) is 4.32. The van der Waals surface area contributed by atoms with Crippen LogP contribution in [0.5, 0.6) is 0 Å². The van der Waals surface area contributed by atoms with E-state index < -0.39 is 0 Å². The first-order valence-corrected chi connectivity index (χ1v) is 18.8. The van der Waals surface area contributed by atoms with Gasteiger partial charge in [-0.25, -0.2) is 0 Å². The number of para-hydroxylation sites is 3. The smallest absolute Gasteiger partial charge is 0.178 e. The van der Waals surface area contributed by atoms with E-state index in [4.69, 9.17) is 8.83 Å². The highest BCUT2D eigenvalue weighted by Crippen LogP contribution is 2.51. The minimum Gasteiger partial charge on any atom is -0.452 e. The first-order chi connectivity index (χ1) is 27.3. The largest absolute Gasteiger partial charge is 0.452 e. The zero-order chi connectivity index (χ0) is 36.0. The molecule has 0 aliphatic rings. The molecule has 0 atom stereocenters. The second kappa shape index (κ2) is 11.6. The van der Waals surface area contributed by atoms with Gasteiger partial charge in [-0.2, -0.15) is 0 Å². The summed E-state index contributed by atoms with van der Waals surface area (Å²) < 4.78 is 16.1. The van der Waals surface area contributed by atoms with Crippen LogP contribution in [0.2, 0.25) is 0 Å². The van der Waals surface area contributed by atoms with Crippen LogP contribution in [0.3, 0.4) is 0 Å². The molecule has 0 spiro atoms. The summed E-state index contributed by atoms with van der Waals surface area (Å²) in [6.45, 7) is 0. The van der Waals surface area contributed by atoms with Gasteiger partial charge < -0.3 is 13.4 Å². The molecule has 12 aromatic rings. The summed E-state index contributed by atoms with van der Waals surface area (Å²) >= 11 is 0. The van der Waals surface area contributed by atoms with Crippen molar-refractivity contribution in [2.45, 2.75) is 0 Å². The topological polar surface area (TPSA) is 31.2 Å². The number of nitrogens with zero attached hydrogens (tertiary/aromatic N) is 1. The molecule has 12 rings (SSSR count). The molecule has 9 aromatic carbocycles. The van der Waals surface area contributed by atoms with Crippen LogP contribution < -0.4 is 0 Å². The summed E-state index contributed by atoms with van der Waals surface area (Å²) in [6.07, 6.45) is 0. The third-order valence-corrected chi connectivity index (χ3v) is 11.4. The number of hydrogen-bond donors (Lipinski definition) is 0. The summed E-state index contributed by atoms with van der Waals surface area (Å²) in [6, 6.07) is 67.2. The molecule has 0 fully saturated rings. The van der Waals surface area contributed by atoms with E-state index in [-0.39, 0.29) is 0 Å². The molecular weight excluding hydrogens is 671 g/mol. The van der Waals surface area contributed by atoms with Crippen LogP contribution in [-0.2, 0) is 0 Å². The molecule has 0 radical (unpaired) electrons. The number of aromatic nitrogens is 1. The van der Waals surface area contributed by atoms with Crippen LogP contribution in [0.1, 0.15) is 0 Å². The molecule has 3 nitrogen and oxygen atoms in total. The molecule has 3 aromatic heterocycles. The van der Waals surface area contributed by atoms with E-state index in [1.165, 1.54) is 43.7 Å². The maximum atomic E-state index is 7.20. The molecule has 3 heterocycles. The van der Waals surface area contributed by atoms with Crippen molar-refractivity contribution in [2.24, 2.45) is 0 Å². The van der Waals surface area contributed by atoms with Crippen molar-refractivity contribution >= 4 is 76.3 Å². The lowest BCUT2D eigenvalue weighted by Crippen LogP contribution is -1.93. The van der Waals surface area contributed by atoms with Crippen LogP contribution >= 0.6 is 0 Å². The van der Waals surface area contributed by atoms with Gasteiger partial charge in [-0.1, -0.05) is 140 Å². The minimum atomic E-state index is 0.764. The van der Waals surface area contributed by atoms with Crippen molar-refractivity contribution in [3.63, 3.8) is 0 Å². The predicted octanol–water partition coefficient (Wildman–Crippen LogP) is 14.7. The first kappa shape index (κ1) is 30.1. The Bertz CT molecular complexity index is 3420. The van der Waals surface area contributed by atoms with E-state index in [9.17, 15) is 0 Å². The van der Waals surface area contributed by atoms with E-state index in [0.717, 1.165) is 71.8 Å². The van der Waals surface area contributed by atoms with Crippen LogP contribution in [0.4, 0.5) is 0 Å². The summed E-state index contributed by atoms with van der Waals surface area (Å²) in [5.41, 5.74) is 11.6. The van der Waals surface area contributed by atoms with Gasteiger partial charge in [-0.3, -0.25) is 0 Å². The Morgan fingerprint density at radius 2 is 0.855 bits per heavy atom. The first-order valence-electron chi connectivity index (χ1n) is 18.8. The minimum absolute atomic E-state index is 0.764. The number of benzene rings is 9. The maximum Gasteiger partial charge on any atom is 0.178 e. The van der Waals surface area contributed by atoms with Gasteiger partial charge in [0.05, 0.1) is 11.0 Å². The lowest BCUT2D eigenvalue weighted by atomic mass is 9.86. The molecule has 0 aliphatic heterocycles. The third-order valence-electron chi connectivity index (χ3n) is 11.4. The molecule has 0 N–H and O–H groups in total. The Balaban J connectivity index is 1.18. The van der Waals surface area contributed by atoms with Crippen molar-refractivity contribution in [3.05, 3.63) is 188 Å². The van der Waals surface area contributed by atoms with E-state index in [1.807, 2.05) is 12.1 Å². The SMILES string of the molecule is c1ccc(-c2c(-c3c4ccccc4c(-c4ccc5c(c4)c4ccccc4n5-c4ccccc4)c4ccccc34)oc3c2ccc2c4ccccc4oc23)cc1. The Kier molecular flexibility index (Phi) is 6.34. The highest BCUT2D eigenvalue weighted by molar-refractivity contribution is 6.25. The molecule has 0 unspecified atom stereocenters. The van der Waals surface area contributed by atoms with Crippen molar-refractivity contribution in [1.82, 2.24) is 4.57 Å². The Morgan fingerprint density at radius 3 is 1.58 bits per heavy atom. The maximum absolute atomic E-state index is 7.20. The Labute approximate surface area is 315 Å². The Hall–Kier alpha value is -7.36. The summed E-state index contributed by atoms with van der Waals surface area (Å²) in [5.74, 6) is 0.842. The quantitative estimate of drug-likeness (QED) is 0.171. The van der Waals surface area contributed by atoms with Gasteiger partial charge in [0.1, 0.15) is 11.3 Å². The number of rotatable bonds is 4. The predicted molar refractivity (Wildman–Crippen MR) is 229 cm³/mol. The highest BCUT2D eigenvalue weighted by Gasteiger charge is 2.26. The second-order valence-corrected chi connectivity index (χ2v) is 14.4. The highest BCUT2D eigenvalue weighted by atomic mass is 16.4. The summed E-state index contributed by atoms with van der Waals surface area (Å²) in [5, 5.41) is 10.3. The van der Waals surface area contributed by atoms with Crippen molar-refractivity contribution in [1.29, 1.82) is 0 Å². The van der Waals surface area contributed by atoms with Gasteiger partial charge in [0.25, 0.3) is 0 Å². The number of hydrogen-bond acceptors (Lipinski definition) is 2. The van der Waals surface area contributed by atoms with Crippen LogP contribution in [0.25, 0.3) is 116 Å². The lowest BCUT2D eigenvalue weighted by Gasteiger charge is -2.17. The average molecular weight is 702 g/mol. The molecule has 256 valence electrons. The van der Waals surface area contributed by atoms with Gasteiger partial charge in [0, 0.05) is 43.7 Å². The molecule has 55 heavy (non-hydrogen) atoms. The molecule has 0 bridgehead atoms. The lowest BCUT2D eigenvalue weighted by molar-refractivity contribution is 0.613.